The lowest BCUT2D eigenvalue weighted by Crippen LogP contribution is -2.43. The molecule has 2 aromatic carbocycles. The number of methoxy groups -OCH3 is 1. The molecule has 8 heteroatoms. The van der Waals surface area contributed by atoms with E-state index in [-0.39, 0.29) is 23.6 Å². The maximum Gasteiger partial charge on any atom is 0.270 e. The van der Waals surface area contributed by atoms with E-state index in [9.17, 15) is 9.59 Å². The molecule has 0 radical (unpaired) electrons. The second kappa shape index (κ2) is 8.71. The van der Waals surface area contributed by atoms with Crippen molar-refractivity contribution in [3.05, 3.63) is 54.1 Å². The zero-order valence-electron chi connectivity index (χ0n) is 16.8. The predicted octanol–water partition coefficient (Wildman–Crippen LogP) is 3.83. The molecule has 7 nitrogen and oxygen atoms in total. The summed E-state index contributed by atoms with van der Waals surface area (Å²) in [6, 6.07) is 14.4. The van der Waals surface area contributed by atoms with Crippen LogP contribution in [0.3, 0.4) is 0 Å². The van der Waals surface area contributed by atoms with Crippen molar-refractivity contribution in [2.75, 3.05) is 18.2 Å². The van der Waals surface area contributed by atoms with Crippen LogP contribution in [0.1, 0.15) is 25.3 Å². The largest absolute Gasteiger partial charge is 0.497 e. The van der Waals surface area contributed by atoms with Crippen LogP contribution in [0.2, 0.25) is 0 Å². The highest BCUT2D eigenvalue weighted by molar-refractivity contribution is 8.14. The van der Waals surface area contributed by atoms with Gasteiger partial charge in [-0.1, -0.05) is 37.2 Å². The molecule has 0 fully saturated rings. The van der Waals surface area contributed by atoms with Crippen molar-refractivity contribution < 1.29 is 14.3 Å². The van der Waals surface area contributed by atoms with Crippen molar-refractivity contribution in [1.82, 2.24) is 4.90 Å². The lowest BCUT2D eigenvalue weighted by Gasteiger charge is -2.30. The van der Waals surface area contributed by atoms with Crippen molar-refractivity contribution in [1.29, 1.82) is 0 Å². The minimum Gasteiger partial charge on any atom is -0.497 e. The number of fused-ring (bicyclic) bond motifs is 3. The average Bonchev–Trinajstić information content (AvgIpc) is 3.09. The smallest absolute Gasteiger partial charge is 0.270 e. The molecule has 0 bridgehead atoms. The molecule has 0 spiro atoms. The van der Waals surface area contributed by atoms with E-state index in [0.717, 1.165) is 23.4 Å². The topological polar surface area (TPSA) is 83.4 Å². The van der Waals surface area contributed by atoms with E-state index < -0.39 is 0 Å². The summed E-state index contributed by atoms with van der Waals surface area (Å²) < 4.78 is 5.13. The van der Waals surface area contributed by atoms with Crippen molar-refractivity contribution in [2.24, 2.45) is 9.98 Å². The van der Waals surface area contributed by atoms with Crippen molar-refractivity contribution in [3.63, 3.8) is 0 Å². The minimum atomic E-state index is -0.366. The summed E-state index contributed by atoms with van der Waals surface area (Å²) in [6.07, 6.45) is 1.54. The van der Waals surface area contributed by atoms with Gasteiger partial charge in [-0.15, -0.1) is 0 Å². The minimum absolute atomic E-state index is 0.150. The quantitative estimate of drug-likeness (QED) is 0.765. The fraction of sp³-hybridized carbons (Fsp3) is 0.273. The molecule has 1 atom stereocenters. The van der Waals surface area contributed by atoms with Crippen LogP contribution in [0.25, 0.3) is 0 Å². The van der Waals surface area contributed by atoms with Gasteiger partial charge in [0.15, 0.2) is 5.17 Å². The van der Waals surface area contributed by atoms with E-state index in [1.165, 1.54) is 11.8 Å². The van der Waals surface area contributed by atoms with E-state index in [0.29, 0.717) is 23.1 Å². The van der Waals surface area contributed by atoms with Crippen LogP contribution < -0.4 is 10.1 Å². The monoisotopic (exact) mass is 422 g/mol. The number of carbonyl (C=O) groups is 2. The predicted molar refractivity (Wildman–Crippen MR) is 120 cm³/mol. The van der Waals surface area contributed by atoms with Gasteiger partial charge in [-0.05, 0) is 42.8 Å². The van der Waals surface area contributed by atoms with E-state index in [2.05, 4.69) is 10.3 Å². The number of carbonyl (C=O) groups excluding carboxylic acids is 2. The Hall–Kier alpha value is -3.13. The number of rotatable bonds is 6. The Labute approximate surface area is 179 Å². The third-order valence-corrected chi connectivity index (χ3v) is 5.83. The van der Waals surface area contributed by atoms with Crippen LogP contribution in [0, 0.1) is 0 Å². The normalized spacial score (nSPS) is 17.1. The molecule has 2 aromatic rings. The number of nitrogens with one attached hydrogen (secondary N) is 1. The van der Waals surface area contributed by atoms with Gasteiger partial charge in [-0.25, -0.2) is 4.99 Å². The van der Waals surface area contributed by atoms with Crippen LogP contribution in [0.5, 0.6) is 5.75 Å². The van der Waals surface area contributed by atoms with Crippen LogP contribution >= 0.6 is 11.8 Å². The maximum absolute atomic E-state index is 12.5. The SMILES string of the molecule is CCCC1C(=O)N=C2c3ccccc3N=C(SCC(=O)Nc3ccc(OC)cc3)N21. The Morgan fingerprint density at radius 3 is 2.67 bits per heavy atom. The molecular formula is C22H22N4O3S. The van der Waals surface area contributed by atoms with Crippen molar-refractivity contribution in [2.45, 2.75) is 25.8 Å². The summed E-state index contributed by atoms with van der Waals surface area (Å²) in [5, 5.41) is 3.50. The number of benzene rings is 2. The molecule has 1 unspecified atom stereocenters. The first-order valence-electron chi connectivity index (χ1n) is 9.77. The van der Waals surface area contributed by atoms with E-state index in [1.54, 1.807) is 31.4 Å². The van der Waals surface area contributed by atoms with Gasteiger partial charge in [0.05, 0.1) is 18.6 Å². The second-order valence-corrected chi connectivity index (χ2v) is 7.87. The fourth-order valence-corrected chi connectivity index (χ4v) is 4.30. The first-order valence-corrected chi connectivity index (χ1v) is 10.8. The van der Waals surface area contributed by atoms with Crippen LogP contribution in [0.4, 0.5) is 11.4 Å². The number of ether oxygens (including phenoxy) is 1. The Balaban J connectivity index is 1.51. The molecule has 2 aliphatic rings. The van der Waals surface area contributed by atoms with Gasteiger partial charge in [0.1, 0.15) is 17.6 Å². The first-order chi connectivity index (χ1) is 14.6. The molecule has 2 amide bonds. The number of hydrogen-bond donors (Lipinski definition) is 1. The summed E-state index contributed by atoms with van der Waals surface area (Å²) in [5.74, 6) is 1.22. The number of aliphatic imine (C=N–C) groups is 2. The fourth-order valence-electron chi connectivity index (χ4n) is 3.45. The summed E-state index contributed by atoms with van der Waals surface area (Å²) in [6.45, 7) is 2.04. The van der Waals surface area contributed by atoms with Gasteiger partial charge in [0, 0.05) is 11.3 Å². The number of para-hydroxylation sites is 1. The van der Waals surface area contributed by atoms with Gasteiger partial charge in [-0.3, -0.25) is 14.5 Å². The maximum atomic E-state index is 12.5. The van der Waals surface area contributed by atoms with Crippen molar-refractivity contribution >= 4 is 46.0 Å². The van der Waals surface area contributed by atoms with Crippen LogP contribution in [-0.4, -0.2) is 46.6 Å². The standard InChI is InChI=1S/C22H22N4O3S/c1-3-6-18-21(28)25-20-16-7-4-5-8-17(16)24-22(26(18)20)30-13-19(27)23-14-9-11-15(29-2)12-10-14/h4-5,7-12,18H,3,6,13H2,1-2H3,(H,23,27). The molecular weight excluding hydrogens is 400 g/mol. The number of amidine groups is 2. The number of thioether (sulfide) groups is 1. The molecule has 2 aliphatic heterocycles. The van der Waals surface area contributed by atoms with Gasteiger partial charge >= 0.3 is 0 Å². The van der Waals surface area contributed by atoms with Gasteiger partial charge in [0.25, 0.3) is 5.91 Å². The zero-order valence-corrected chi connectivity index (χ0v) is 17.6. The lowest BCUT2D eigenvalue weighted by atomic mass is 10.1. The molecule has 154 valence electrons. The van der Waals surface area contributed by atoms with Crippen LogP contribution in [0.15, 0.2) is 58.5 Å². The summed E-state index contributed by atoms with van der Waals surface area (Å²) in [5.41, 5.74) is 2.30. The number of amides is 2. The highest BCUT2D eigenvalue weighted by Crippen LogP contribution is 2.35. The Kier molecular flexibility index (Phi) is 5.85. The molecule has 0 saturated carbocycles. The van der Waals surface area contributed by atoms with E-state index in [4.69, 9.17) is 9.73 Å². The lowest BCUT2D eigenvalue weighted by molar-refractivity contribution is -0.119. The third-order valence-electron chi connectivity index (χ3n) is 4.88. The molecule has 1 N–H and O–H groups in total. The highest BCUT2D eigenvalue weighted by Gasteiger charge is 2.41. The molecule has 4 rings (SSSR count). The second-order valence-electron chi connectivity index (χ2n) is 6.93. The Morgan fingerprint density at radius 2 is 1.93 bits per heavy atom. The number of hydrogen-bond acceptors (Lipinski definition) is 6. The summed E-state index contributed by atoms with van der Waals surface area (Å²) >= 11 is 1.31. The molecule has 0 saturated heterocycles. The average molecular weight is 423 g/mol. The number of anilines is 1. The molecule has 0 aliphatic carbocycles. The summed E-state index contributed by atoms with van der Waals surface area (Å²) in [4.78, 5) is 36.0. The van der Waals surface area contributed by atoms with E-state index in [1.807, 2.05) is 36.1 Å². The van der Waals surface area contributed by atoms with Gasteiger partial charge in [-0.2, -0.15) is 4.99 Å². The molecule has 2 heterocycles. The molecule has 30 heavy (non-hydrogen) atoms. The van der Waals surface area contributed by atoms with E-state index >= 15 is 0 Å². The van der Waals surface area contributed by atoms with Gasteiger partial charge in [0.2, 0.25) is 5.91 Å². The first kappa shape index (κ1) is 20.2. The molecule has 0 aromatic heterocycles. The highest BCUT2D eigenvalue weighted by atomic mass is 32.2. The van der Waals surface area contributed by atoms with Gasteiger partial charge < -0.3 is 10.1 Å². The zero-order chi connectivity index (χ0) is 21.1. The number of nitrogens with zero attached hydrogens (tertiary/aromatic N) is 3. The Bertz CT molecular complexity index is 1030. The third kappa shape index (κ3) is 3.95. The van der Waals surface area contributed by atoms with Crippen molar-refractivity contribution in [3.8, 4) is 5.75 Å². The Morgan fingerprint density at radius 1 is 1.17 bits per heavy atom. The van der Waals surface area contributed by atoms with Crippen LogP contribution in [-0.2, 0) is 9.59 Å². The summed E-state index contributed by atoms with van der Waals surface area (Å²) in [7, 11) is 1.60.